The van der Waals surface area contributed by atoms with Crippen LogP contribution in [-0.2, 0) is 6.42 Å². The molecule has 0 saturated heterocycles. The summed E-state index contributed by atoms with van der Waals surface area (Å²) < 4.78 is 13.7. The third kappa shape index (κ3) is 2.06. The van der Waals surface area contributed by atoms with Crippen LogP contribution in [0.1, 0.15) is 5.56 Å². The molecule has 0 fully saturated rings. The van der Waals surface area contributed by atoms with Crippen molar-refractivity contribution >= 4 is 0 Å². The fourth-order valence-corrected chi connectivity index (χ4v) is 1.47. The van der Waals surface area contributed by atoms with E-state index in [0.717, 1.165) is 5.56 Å². The van der Waals surface area contributed by atoms with Crippen LogP contribution in [0.15, 0.2) is 42.6 Å². The van der Waals surface area contributed by atoms with Crippen molar-refractivity contribution in [2.24, 2.45) is 0 Å². The SMILES string of the molecule is N#CCc1cnc(-c2ccccc2)c(F)c1. The summed E-state index contributed by atoms with van der Waals surface area (Å²) in [6.45, 7) is 0. The summed E-state index contributed by atoms with van der Waals surface area (Å²) in [5, 5.41) is 8.50. The molecule has 0 atom stereocenters. The lowest BCUT2D eigenvalue weighted by atomic mass is 10.1. The molecule has 0 saturated carbocycles. The summed E-state index contributed by atoms with van der Waals surface area (Å²) in [4.78, 5) is 4.04. The average molecular weight is 212 g/mol. The summed E-state index contributed by atoms with van der Waals surface area (Å²) in [5.41, 5.74) is 1.66. The molecule has 3 heteroatoms. The minimum absolute atomic E-state index is 0.180. The van der Waals surface area contributed by atoms with Gasteiger partial charge in [0.15, 0.2) is 0 Å². The van der Waals surface area contributed by atoms with E-state index >= 15 is 0 Å². The number of nitrogens with zero attached hydrogens (tertiary/aromatic N) is 2. The highest BCUT2D eigenvalue weighted by Gasteiger charge is 2.06. The fourth-order valence-electron chi connectivity index (χ4n) is 1.47. The van der Waals surface area contributed by atoms with Crippen molar-refractivity contribution in [2.45, 2.75) is 6.42 Å². The van der Waals surface area contributed by atoms with Crippen molar-refractivity contribution in [1.82, 2.24) is 4.98 Å². The molecular formula is C13H9FN2. The molecule has 78 valence electrons. The Hall–Kier alpha value is -2.21. The molecular weight excluding hydrogens is 203 g/mol. The summed E-state index contributed by atoms with van der Waals surface area (Å²) in [5.74, 6) is -0.390. The summed E-state index contributed by atoms with van der Waals surface area (Å²) in [6.07, 6.45) is 1.72. The Kier molecular flexibility index (Phi) is 2.93. The van der Waals surface area contributed by atoms with Gasteiger partial charge in [0.1, 0.15) is 11.5 Å². The first-order valence-electron chi connectivity index (χ1n) is 4.88. The van der Waals surface area contributed by atoms with Crippen molar-refractivity contribution < 1.29 is 4.39 Å². The van der Waals surface area contributed by atoms with Crippen molar-refractivity contribution in [2.75, 3.05) is 0 Å². The van der Waals surface area contributed by atoms with E-state index in [2.05, 4.69) is 4.98 Å². The Bertz CT molecular complexity index is 529. The van der Waals surface area contributed by atoms with E-state index in [-0.39, 0.29) is 12.2 Å². The van der Waals surface area contributed by atoms with Crippen LogP contribution in [0, 0.1) is 17.1 Å². The molecule has 0 unspecified atom stereocenters. The van der Waals surface area contributed by atoms with Crippen LogP contribution in [-0.4, -0.2) is 4.98 Å². The molecule has 0 radical (unpaired) electrons. The van der Waals surface area contributed by atoms with Gasteiger partial charge in [-0.1, -0.05) is 30.3 Å². The molecule has 1 aromatic heterocycles. The lowest BCUT2D eigenvalue weighted by molar-refractivity contribution is 0.623. The minimum Gasteiger partial charge on any atom is -0.253 e. The van der Waals surface area contributed by atoms with E-state index in [9.17, 15) is 4.39 Å². The maximum Gasteiger partial charge on any atom is 0.149 e. The third-order valence-corrected chi connectivity index (χ3v) is 2.23. The lowest BCUT2D eigenvalue weighted by Gasteiger charge is -2.03. The third-order valence-electron chi connectivity index (χ3n) is 2.23. The van der Waals surface area contributed by atoms with Crippen molar-refractivity contribution in [3.05, 3.63) is 54.0 Å². The zero-order valence-electron chi connectivity index (χ0n) is 8.52. The number of hydrogen-bond acceptors (Lipinski definition) is 2. The molecule has 16 heavy (non-hydrogen) atoms. The summed E-state index contributed by atoms with van der Waals surface area (Å²) >= 11 is 0. The number of benzene rings is 1. The van der Waals surface area contributed by atoms with Gasteiger partial charge in [-0.05, 0) is 11.6 Å². The second-order valence-electron chi connectivity index (χ2n) is 3.37. The van der Waals surface area contributed by atoms with Gasteiger partial charge in [0.25, 0.3) is 0 Å². The Morgan fingerprint density at radius 1 is 1.25 bits per heavy atom. The predicted molar refractivity (Wildman–Crippen MR) is 58.9 cm³/mol. The maximum absolute atomic E-state index is 13.7. The van der Waals surface area contributed by atoms with Gasteiger partial charge in [-0.2, -0.15) is 5.26 Å². The van der Waals surface area contributed by atoms with Gasteiger partial charge in [0, 0.05) is 11.8 Å². The minimum atomic E-state index is -0.390. The average Bonchev–Trinajstić information content (AvgIpc) is 2.31. The molecule has 2 rings (SSSR count). The van der Waals surface area contributed by atoms with E-state index in [4.69, 9.17) is 5.26 Å². The first kappa shape index (κ1) is 10.3. The predicted octanol–water partition coefficient (Wildman–Crippen LogP) is 2.95. The van der Waals surface area contributed by atoms with Crippen LogP contribution in [0.4, 0.5) is 4.39 Å². The highest BCUT2D eigenvalue weighted by atomic mass is 19.1. The highest BCUT2D eigenvalue weighted by Crippen LogP contribution is 2.20. The summed E-state index contributed by atoms with van der Waals surface area (Å²) in [7, 11) is 0. The molecule has 2 aromatic rings. The monoisotopic (exact) mass is 212 g/mol. The van der Waals surface area contributed by atoms with Gasteiger partial charge in [0.2, 0.25) is 0 Å². The van der Waals surface area contributed by atoms with Gasteiger partial charge in [0.05, 0.1) is 12.5 Å². The summed E-state index contributed by atoms with van der Waals surface area (Å²) in [6, 6.07) is 12.5. The van der Waals surface area contributed by atoms with Crippen LogP contribution in [0.3, 0.4) is 0 Å². The Labute approximate surface area is 93.0 Å². The molecule has 0 spiro atoms. The topological polar surface area (TPSA) is 36.7 Å². The smallest absolute Gasteiger partial charge is 0.149 e. The maximum atomic E-state index is 13.7. The van der Waals surface area contributed by atoms with Crippen LogP contribution < -0.4 is 0 Å². The number of halogens is 1. The van der Waals surface area contributed by atoms with Crippen molar-refractivity contribution in [1.29, 1.82) is 5.26 Å². The molecule has 1 aromatic carbocycles. The Balaban J connectivity index is 2.41. The molecule has 0 bridgehead atoms. The largest absolute Gasteiger partial charge is 0.253 e. The van der Waals surface area contributed by atoms with Gasteiger partial charge in [-0.3, -0.25) is 4.98 Å². The molecule has 0 amide bonds. The molecule has 2 nitrogen and oxygen atoms in total. The highest BCUT2D eigenvalue weighted by molar-refractivity contribution is 5.59. The Morgan fingerprint density at radius 2 is 2.00 bits per heavy atom. The Morgan fingerprint density at radius 3 is 2.62 bits per heavy atom. The molecule has 0 aliphatic carbocycles. The molecule has 0 aliphatic heterocycles. The van der Waals surface area contributed by atoms with E-state index in [0.29, 0.717) is 11.3 Å². The van der Waals surface area contributed by atoms with E-state index in [1.807, 2.05) is 24.3 Å². The quantitative estimate of drug-likeness (QED) is 0.767. The second-order valence-corrected chi connectivity index (χ2v) is 3.37. The number of nitriles is 1. The zero-order chi connectivity index (χ0) is 11.4. The number of pyridine rings is 1. The zero-order valence-corrected chi connectivity index (χ0v) is 8.52. The first-order valence-corrected chi connectivity index (χ1v) is 4.88. The van der Waals surface area contributed by atoms with Crippen LogP contribution in [0.25, 0.3) is 11.3 Å². The standard InChI is InChI=1S/C13H9FN2/c14-12-8-10(6-7-15)9-16-13(12)11-4-2-1-3-5-11/h1-5,8-9H,6H2. The van der Waals surface area contributed by atoms with Gasteiger partial charge >= 0.3 is 0 Å². The number of hydrogen-bond donors (Lipinski definition) is 0. The van der Waals surface area contributed by atoms with Crippen molar-refractivity contribution in [3.8, 4) is 17.3 Å². The van der Waals surface area contributed by atoms with Crippen LogP contribution >= 0.6 is 0 Å². The molecule has 0 N–H and O–H groups in total. The number of rotatable bonds is 2. The van der Waals surface area contributed by atoms with Crippen LogP contribution in [0.2, 0.25) is 0 Å². The fraction of sp³-hybridized carbons (Fsp3) is 0.0769. The lowest BCUT2D eigenvalue weighted by Crippen LogP contribution is -1.92. The molecule has 1 heterocycles. The normalized spacial score (nSPS) is 9.75. The second kappa shape index (κ2) is 4.54. The van der Waals surface area contributed by atoms with Gasteiger partial charge in [-0.25, -0.2) is 4.39 Å². The van der Waals surface area contributed by atoms with Crippen molar-refractivity contribution in [3.63, 3.8) is 0 Å². The number of aromatic nitrogens is 1. The van der Waals surface area contributed by atoms with Crippen LogP contribution in [0.5, 0.6) is 0 Å². The van der Waals surface area contributed by atoms with E-state index < -0.39 is 0 Å². The van der Waals surface area contributed by atoms with E-state index in [1.54, 1.807) is 12.1 Å². The first-order chi connectivity index (χ1) is 7.81. The van der Waals surface area contributed by atoms with Gasteiger partial charge < -0.3 is 0 Å². The van der Waals surface area contributed by atoms with E-state index in [1.165, 1.54) is 12.3 Å². The molecule has 0 aliphatic rings. The van der Waals surface area contributed by atoms with Gasteiger partial charge in [-0.15, -0.1) is 0 Å².